The second-order valence-corrected chi connectivity index (χ2v) is 6.57. The van der Waals surface area contributed by atoms with Crippen molar-refractivity contribution in [3.05, 3.63) is 11.8 Å². The molecule has 99 valence electrons. The Morgan fingerprint density at radius 3 is 2.59 bits per heavy atom. The van der Waals surface area contributed by atoms with Gasteiger partial charge >= 0.3 is 9.28 Å². The summed E-state index contributed by atoms with van der Waals surface area (Å²) in [4.78, 5) is 0. The van der Waals surface area contributed by atoms with E-state index in [-0.39, 0.29) is 0 Å². The van der Waals surface area contributed by atoms with Gasteiger partial charge in [0.15, 0.2) is 0 Å². The van der Waals surface area contributed by atoms with E-state index >= 15 is 0 Å². The van der Waals surface area contributed by atoms with E-state index in [0.717, 1.165) is 24.3 Å². The fourth-order valence-corrected chi connectivity index (χ4v) is 4.00. The first-order valence-corrected chi connectivity index (χ1v) is 8.63. The lowest BCUT2D eigenvalue weighted by Gasteiger charge is -2.16. The number of rotatable bonds is 8. The maximum atomic E-state index is 6.00. The summed E-state index contributed by atoms with van der Waals surface area (Å²) >= 11 is 0. The molecule has 2 nitrogen and oxygen atoms in total. The highest BCUT2D eigenvalue weighted by atomic mass is 28.3. The van der Waals surface area contributed by atoms with Crippen LogP contribution < -0.4 is 0 Å². The van der Waals surface area contributed by atoms with Crippen LogP contribution in [0.25, 0.3) is 0 Å². The van der Waals surface area contributed by atoms with Gasteiger partial charge in [0.25, 0.3) is 0 Å². The third-order valence-electron chi connectivity index (χ3n) is 3.18. The highest BCUT2D eigenvalue weighted by Gasteiger charge is 2.18. The summed E-state index contributed by atoms with van der Waals surface area (Å²) in [5.41, 5.74) is 0. The summed E-state index contributed by atoms with van der Waals surface area (Å²) in [5, 5.41) is 0. The second-order valence-electron chi connectivity index (χ2n) is 4.83. The van der Waals surface area contributed by atoms with Gasteiger partial charge in [0, 0.05) is 12.7 Å². The third kappa shape index (κ3) is 6.27. The first kappa shape index (κ1) is 14.8. The summed E-state index contributed by atoms with van der Waals surface area (Å²) in [6.07, 6.45) is 10.2. The van der Waals surface area contributed by atoms with Crippen molar-refractivity contribution in [1.29, 1.82) is 0 Å². The monoisotopic (exact) mass is 255 g/mol. The van der Waals surface area contributed by atoms with Crippen molar-refractivity contribution in [2.24, 2.45) is 5.92 Å². The lowest BCUT2D eigenvalue weighted by Crippen LogP contribution is -2.22. The Morgan fingerprint density at radius 2 is 2.00 bits per heavy atom. The maximum absolute atomic E-state index is 6.00. The van der Waals surface area contributed by atoms with Crippen LogP contribution in [-0.4, -0.2) is 15.9 Å². The first-order chi connectivity index (χ1) is 8.26. The number of hydrogen-bond donors (Lipinski definition) is 0. The van der Waals surface area contributed by atoms with E-state index in [1.165, 1.54) is 38.5 Å². The molecular formula is C14H27O2Si. The molecule has 0 aliphatic heterocycles. The molecular weight excluding hydrogens is 228 g/mol. The van der Waals surface area contributed by atoms with Gasteiger partial charge in [-0.3, -0.25) is 0 Å². The zero-order valence-electron chi connectivity index (χ0n) is 11.6. The largest absolute Gasteiger partial charge is 0.523 e. The highest BCUT2D eigenvalue weighted by molar-refractivity contribution is 6.44. The van der Waals surface area contributed by atoms with E-state index in [1.54, 1.807) is 0 Å². The summed E-state index contributed by atoms with van der Waals surface area (Å²) < 4.78 is 11.7. The topological polar surface area (TPSA) is 18.5 Å². The standard InChI is InChI=1S/C14H27O2Si/c1-4-6-11-17(15-5-2)16-13(3)12-14-9-7-8-10-14/h12,14H,4-11H2,1-3H3. The smallest absolute Gasteiger partial charge is 0.457 e. The van der Waals surface area contributed by atoms with Crippen LogP contribution in [0.15, 0.2) is 11.8 Å². The van der Waals surface area contributed by atoms with Gasteiger partial charge in [0.2, 0.25) is 0 Å². The van der Waals surface area contributed by atoms with Crippen LogP contribution in [0.3, 0.4) is 0 Å². The molecule has 1 fully saturated rings. The molecule has 0 amide bonds. The molecule has 0 atom stereocenters. The van der Waals surface area contributed by atoms with Gasteiger partial charge in [0.05, 0.1) is 5.76 Å². The van der Waals surface area contributed by atoms with Gasteiger partial charge in [-0.2, -0.15) is 0 Å². The molecule has 1 aliphatic carbocycles. The number of unbranched alkanes of at least 4 members (excludes halogenated alkanes) is 1. The molecule has 0 saturated heterocycles. The Bertz CT molecular complexity index is 222. The summed E-state index contributed by atoms with van der Waals surface area (Å²) in [6, 6.07) is 1.10. The molecule has 0 bridgehead atoms. The van der Waals surface area contributed by atoms with E-state index in [0.29, 0.717) is 0 Å². The zero-order valence-corrected chi connectivity index (χ0v) is 12.6. The van der Waals surface area contributed by atoms with Crippen molar-refractivity contribution >= 4 is 9.28 Å². The average Bonchev–Trinajstić information content (AvgIpc) is 2.78. The summed E-state index contributed by atoms with van der Waals surface area (Å²) in [6.45, 7) is 7.13. The SMILES string of the molecule is CCCC[Si](OCC)OC(C)=CC1CCCC1. The van der Waals surface area contributed by atoms with Gasteiger partial charge in [-0.05, 0) is 38.7 Å². The Balaban J connectivity index is 2.35. The predicted octanol–water partition coefficient (Wildman–Crippen LogP) is 4.42. The molecule has 0 unspecified atom stereocenters. The third-order valence-corrected chi connectivity index (χ3v) is 5.11. The average molecular weight is 255 g/mol. The van der Waals surface area contributed by atoms with Gasteiger partial charge in [-0.1, -0.05) is 32.6 Å². The Hall–Kier alpha value is -0.283. The van der Waals surface area contributed by atoms with Gasteiger partial charge in [-0.25, -0.2) is 0 Å². The molecule has 1 rings (SSSR count). The Labute approximate surface area is 108 Å². The molecule has 0 N–H and O–H groups in total. The first-order valence-electron chi connectivity index (χ1n) is 7.11. The van der Waals surface area contributed by atoms with Crippen LogP contribution in [0.5, 0.6) is 0 Å². The number of allylic oxidation sites excluding steroid dienone is 2. The van der Waals surface area contributed by atoms with Crippen molar-refractivity contribution in [1.82, 2.24) is 0 Å². The fourth-order valence-electron chi connectivity index (χ4n) is 2.30. The molecule has 1 radical (unpaired) electrons. The normalized spacial score (nSPS) is 18.0. The lowest BCUT2D eigenvalue weighted by atomic mass is 10.1. The molecule has 0 spiro atoms. The Kier molecular flexibility index (Phi) is 7.61. The quantitative estimate of drug-likeness (QED) is 0.472. The summed E-state index contributed by atoms with van der Waals surface area (Å²) in [7, 11) is -1.07. The minimum Gasteiger partial charge on any atom is -0.523 e. The van der Waals surface area contributed by atoms with E-state index in [9.17, 15) is 0 Å². The van der Waals surface area contributed by atoms with Gasteiger partial charge < -0.3 is 8.85 Å². The van der Waals surface area contributed by atoms with Crippen LogP contribution in [0, 0.1) is 5.92 Å². The van der Waals surface area contributed by atoms with Gasteiger partial charge in [0.1, 0.15) is 0 Å². The predicted molar refractivity (Wildman–Crippen MR) is 73.9 cm³/mol. The van der Waals surface area contributed by atoms with E-state index in [4.69, 9.17) is 8.85 Å². The second kappa shape index (κ2) is 8.76. The highest BCUT2D eigenvalue weighted by Crippen LogP contribution is 2.27. The molecule has 17 heavy (non-hydrogen) atoms. The van der Waals surface area contributed by atoms with Crippen molar-refractivity contribution < 1.29 is 8.85 Å². The number of hydrogen-bond acceptors (Lipinski definition) is 2. The minimum atomic E-state index is -1.07. The van der Waals surface area contributed by atoms with Crippen LogP contribution >= 0.6 is 0 Å². The fraction of sp³-hybridized carbons (Fsp3) is 0.857. The zero-order chi connectivity index (χ0) is 12.5. The van der Waals surface area contributed by atoms with E-state index < -0.39 is 9.28 Å². The van der Waals surface area contributed by atoms with Crippen molar-refractivity contribution in [3.63, 3.8) is 0 Å². The molecule has 0 aromatic heterocycles. The van der Waals surface area contributed by atoms with Gasteiger partial charge in [-0.15, -0.1) is 0 Å². The summed E-state index contributed by atoms with van der Waals surface area (Å²) in [5.74, 6) is 1.85. The lowest BCUT2D eigenvalue weighted by molar-refractivity contribution is 0.245. The molecule has 1 aliphatic rings. The van der Waals surface area contributed by atoms with Crippen LogP contribution in [0.2, 0.25) is 6.04 Å². The Morgan fingerprint density at radius 1 is 1.29 bits per heavy atom. The minimum absolute atomic E-state index is 0.756. The molecule has 3 heteroatoms. The maximum Gasteiger partial charge on any atom is 0.457 e. The van der Waals surface area contributed by atoms with E-state index in [2.05, 4.69) is 26.8 Å². The molecule has 1 saturated carbocycles. The van der Waals surface area contributed by atoms with Crippen molar-refractivity contribution in [2.45, 2.75) is 65.3 Å². The molecule has 0 aromatic carbocycles. The van der Waals surface area contributed by atoms with E-state index in [1.807, 2.05) is 0 Å². The van der Waals surface area contributed by atoms with Crippen molar-refractivity contribution in [2.75, 3.05) is 6.61 Å². The van der Waals surface area contributed by atoms with Crippen LogP contribution in [-0.2, 0) is 8.85 Å². The van der Waals surface area contributed by atoms with Crippen molar-refractivity contribution in [3.8, 4) is 0 Å². The molecule has 0 aromatic rings. The van der Waals surface area contributed by atoms with Crippen LogP contribution in [0.1, 0.15) is 59.3 Å². The van der Waals surface area contributed by atoms with Crippen LogP contribution in [0.4, 0.5) is 0 Å². The molecule has 0 heterocycles.